The zero-order chi connectivity index (χ0) is 14.3. The lowest BCUT2D eigenvalue weighted by Gasteiger charge is -2.23. The van der Waals surface area contributed by atoms with Crippen LogP contribution >= 0.6 is 0 Å². The Kier molecular flexibility index (Phi) is 3.38. The zero-order valence-corrected chi connectivity index (χ0v) is 12.2. The van der Waals surface area contributed by atoms with Crippen LogP contribution in [0.15, 0.2) is 23.1 Å². The number of fused-ring (bicyclic) bond motifs is 2. The number of primary sulfonamides is 1. The second-order valence-corrected chi connectivity index (χ2v) is 7.65. The molecular formula is C14H21N3O2S. The molecule has 5 nitrogen and oxygen atoms in total. The van der Waals surface area contributed by atoms with Crippen LogP contribution in [-0.2, 0) is 10.0 Å². The third-order valence-corrected chi connectivity index (χ3v) is 5.70. The molecule has 0 radical (unpaired) electrons. The molecule has 2 bridgehead atoms. The molecule has 110 valence electrons. The number of hydrogen-bond acceptors (Lipinski definition) is 4. The van der Waals surface area contributed by atoms with Gasteiger partial charge in [0.2, 0.25) is 10.0 Å². The van der Waals surface area contributed by atoms with E-state index in [0.717, 1.165) is 18.4 Å². The summed E-state index contributed by atoms with van der Waals surface area (Å²) >= 11 is 0. The standard InChI is InChI=1S/C14H21N3O2S/c15-12-3-4-13(14(7-12)20(16,18)19)17-8-11-6-9-1-2-10(11)5-9/h3-4,7,9-11,17H,1-2,5-6,8,15H2,(H2,16,18,19). The number of nitrogens with two attached hydrogens (primary N) is 2. The first-order valence-corrected chi connectivity index (χ1v) is 8.64. The molecule has 20 heavy (non-hydrogen) atoms. The Bertz CT molecular complexity index is 615. The van der Waals surface area contributed by atoms with Crippen LogP contribution in [0, 0.1) is 17.8 Å². The molecule has 2 fully saturated rings. The maximum Gasteiger partial charge on any atom is 0.240 e. The van der Waals surface area contributed by atoms with E-state index in [2.05, 4.69) is 5.32 Å². The summed E-state index contributed by atoms with van der Waals surface area (Å²) in [4.78, 5) is 0.0839. The summed E-state index contributed by atoms with van der Waals surface area (Å²) in [5.74, 6) is 2.34. The van der Waals surface area contributed by atoms with Gasteiger partial charge in [-0.25, -0.2) is 13.6 Å². The van der Waals surface area contributed by atoms with Gasteiger partial charge in [0.1, 0.15) is 4.90 Å². The molecule has 1 aromatic carbocycles. The van der Waals surface area contributed by atoms with E-state index >= 15 is 0 Å². The largest absolute Gasteiger partial charge is 0.399 e. The highest BCUT2D eigenvalue weighted by molar-refractivity contribution is 7.89. The van der Waals surface area contributed by atoms with Crippen LogP contribution in [0.1, 0.15) is 25.7 Å². The molecule has 2 aliphatic rings. The number of nitrogens with one attached hydrogen (secondary N) is 1. The Morgan fingerprint density at radius 3 is 2.65 bits per heavy atom. The van der Waals surface area contributed by atoms with Crippen molar-refractivity contribution >= 4 is 21.4 Å². The van der Waals surface area contributed by atoms with Gasteiger partial charge in [0.05, 0.1) is 5.69 Å². The lowest BCUT2D eigenvalue weighted by Crippen LogP contribution is -2.22. The number of sulfonamides is 1. The molecule has 3 unspecified atom stereocenters. The second-order valence-electron chi connectivity index (χ2n) is 6.12. The van der Waals surface area contributed by atoms with Crippen LogP contribution in [-0.4, -0.2) is 15.0 Å². The zero-order valence-electron chi connectivity index (χ0n) is 11.4. The van der Waals surface area contributed by atoms with E-state index in [1.165, 1.54) is 31.7 Å². The van der Waals surface area contributed by atoms with Gasteiger partial charge >= 0.3 is 0 Å². The third-order valence-electron chi connectivity index (χ3n) is 4.75. The summed E-state index contributed by atoms with van der Waals surface area (Å²) in [6.45, 7) is 0.813. The van der Waals surface area contributed by atoms with Crippen molar-refractivity contribution in [3.8, 4) is 0 Å². The Morgan fingerprint density at radius 1 is 1.25 bits per heavy atom. The van der Waals surface area contributed by atoms with Gasteiger partial charge in [-0.1, -0.05) is 6.42 Å². The molecule has 0 amide bonds. The van der Waals surface area contributed by atoms with E-state index in [9.17, 15) is 8.42 Å². The molecule has 0 spiro atoms. The Morgan fingerprint density at radius 2 is 2.05 bits per heavy atom. The summed E-state index contributed by atoms with van der Waals surface area (Å²) in [5.41, 5.74) is 6.61. The predicted molar refractivity (Wildman–Crippen MR) is 79.7 cm³/mol. The number of rotatable bonds is 4. The molecule has 1 aromatic rings. The molecule has 2 saturated carbocycles. The van der Waals surface area contributed by atoms with Crippen LogP contribution in [0.25, 0.3) is 0 Å². The molecule has 2 aliphatic carbocycles. The minimum absolute atomic E-state index is 0.0839. The Labute approximate surface area is 119 Å². The van der Waals surface area contributed by atoms with Crippen molar-refractivity contribution < 1.29 is 8.42 Å². The van der Waals surface area contributed by atoms with Gasteiger partial charge in [-0.2, -0.15) is 0 Å². The van der Waals surface area contributed by atoms with Crippen LogP contribution in [0.5, 0.6) is 0 Å². The molecule has 0 aliphatic heterocycles. The van der Waals surface area contributed by atoms with Gasteiger partial charge in [-0.3, -0.25) is 0 Å². The number of hydrogen-bond donors (Lipinski definition) is 3. The first kappa shape index (κ1) is 13.7. The Balaban J connectivity index is 1.74. The van der Waals surface area contributed by atoms with Crippen LogP contribution in [0.4, 0.5) is 11.4 Å². The van der Waals surface area contributed by atoms with Gasteiger partial charge in [0.15, 0.2) is 0 Å². The highest BCUT2D eigenvalue weighted by Gasteiger charge is 2.39. The van der Waals surface area contributed by atoms with Gasteiger partial charge in [0.25, 0.3) is 0 Å². The fourth-order valence-electron chi connectivity index (χ4n) is 3.79. The van der Waals surface area contributed by atoms with E-state index in [1.54, 1.807) is 12.1 Å². The fraction of sp³-hybridized carbons (Fsp3) is 0.571. The minimum Gasteiger partial charge on any atom is -0.399 e. The second kappa shape index (κ2) is 4.93. The summed E-state index contributed by atoms with van der Waals surface area (Å²) in [5, 5.41) is 8.51. The van der Waals surface area contributed by atoms with E-state index in [-0.39, 0.29) is 4.90 Å². The third kappa shape index (κ3) is 2.62. The molecule has 0 aromatic heterocycles. The lowest BCUT2D eigenvalue weighted by atomic mass is 9.89. The first-order valence-electron chi connectivity index (χ1n) is 7.09. The average Bonchev–Trinajstić information content (AvgIpc) is 2.98. The SMILES string of the molecule is Nc1ccc(NCC2CC3CCC2C3)c(S(N)(=O)=O)c1. The van der Waals surface area contributed by atoms with E-state index in [0.29, 0.717) is 17.3 Å². The van der Waals surface area contributed by atoms with Crippen molar-refractivity contribution in [1.82, 2.24) is 0 Å². The van der Waals surface area contributed by atoms with Gasteiger partial charge in [-0.15, -0.1) is 0 Å². The monoisotopic (exact) mass is 295 g/mol. The molecule has 3 rings (SSSR count). The summed E-state index contributed by atoms with van der Waals surface area (Å²) in [6.07, 6.45) is 5.29. The van der Waals surface area contributed by atoms with Gasteiger partial charge < -0.3 is 11.1 Å². The highest BCUT2D eigenvalue weighted by Crippen LogP contribution is 2.48. The minimum atomic E-state index is -3.75. The topological polar surface area (TPSA) is 98.2 Å². The number of anilines is 2. The fourth-order valence-corrected chi connectivity index (χ4v) is 4.53. The van der Waals surface area contributed by atoms with Crippen LogP contribution in [0.3, 0.4) is 0 Å². The van der Waals surface area contributed by atoms with Crippen molar-refractivity contribution in [3.05, 3.63) is 18.2 Å². The van der Waals surface area contributed by atoms with Crippen molar-refractivity contribution in [2.45, 2.75) is 30.6 Å². The molecule has 6 heteroatoms. The molecule has 5 N–H and O–H groups in total. The van der Waals surface area contributed by atoms with E-state index in [1.807, 2.05) is 0 Å². The number of nitrogen functional groups attached to an aromatic ring is 1. The average molecular weight is 295 g/mol. The normalized spacial score (nSPS) is 28.8. The molecule has 0 saturated heterocycles. The number of benzene rings is 1. The Hall–Kier alpha value is -1.27. The quantitative estimate of drug-likeness (QED) is 0.737. The first-order chi connectivity index (χ1) is 9.43. The van der Waals surface area contributed by atoms with Gasteiger partial charge in [-0.05, 0) is 55.2 Å². The van der Waals surface area contributed by atoms with E-state index < -0.39 is 10.0 Å². The maximum atomic E-state index is 11.6. The van der Waals surface area contributed by atoms with Crippen molar-refractivity contribution in [2.75, 3.05) is 17.6 Å². The molecule has 3 atom stereocenters. The van der Waals surface area contributed by atoms with Crippen molar-refractivity contribution in [2.24, 2.45) is 22.9 Å². The smallest absolute Gasteiger partial charge is 0.240 e. The summed E-state index contributed by atoms with van der Waals surface area (Å²) in [7, 11) is -3.75. The summed E-state index contributed by atoms with van der Waals surface area (Å²) < 4.78 is 23.2. The lowest BCUT2D eigenvalue weighted by molar-refractivity contribution is 0.348. The summed E-state index contributed by atoms with van der Waals surface area (Å²) in [6, 6.07) is 4.80. The van der Waals surface area contributed by atoms with Gasteiger partial charge in [0, 0.05) is 12.2 Å². The molecule has 0 heterocycles. The van der Waals surface area contributed by atoms with Crippen LogP contribution in [0.2, 0.25) is 0 Å². The van der Waals surface area contributed by atoms with Crippen molar-refractivity contribution in [3.63, 3.8) is 0 Å². The highest BCUT2D eigenvalue weighted by atomic mass is 32.2. The van der Waals surface area contributed by atoms with Crippen molar-refractivity contribution in [1.29, 1.82) is 0 Å². The molecular weight excluding hydrogens is 274 g/mol. The predicted octanol–water partition coefficient (Wildman–Crippen LogP) is 1.76. The van der Waals surface area contributed by atoms with Crippen LogP contribution < -0.4 is 16.2 Å². The van der Waals surface area contributed by atoms with E-state index in [4.69, 9.17) is 10.9 Å². The maximum absolute atomic E-state index is 11.6.